The monoisotopic (exact) mass is 454 g/mol. The molecule has 32 heavy (non-hydrogen) atoms. The highest BCUT2D eigenvalue weighted by atomic mass is 35.5. The second-order valence-corrected chi connectivity index (χ2v) is 7.77. The number of rotatable bonds is 7. The summed E-state index contributed by atoms with van der Waals surface area (Å²) in [6.45, 7) is 3.74. The molecule has 4 rings (SSSR count). The van der Waals surface area contributed by atoms with Crippen molar-refractivity contribution in [3.63, 3.8) is 0 Å². The van der Waals surface area contributed by atoms with E-state index in [1.807, 2.05) is 18.2 Å². The zero-order valence-electron chi connectivity index (χ0n) is 18.0. The number of H-pyrrole nitrogens is 2. The van der Waals surface area contributed by atoms with Gasteiger partial charge in [0.05, 0.1) is 7.11 Å². The van der Waals surface area contributed by atoms with Crippen molar-refractivity contribution in [2.24, 2.45) is 0 Å². The first-order valence-corrected chi connectivity index (χ1v) is 10.6. The van der Waals surface area contributed by atoms with Gasteiger partial charge < -0.3 is 24.2 Å². The van der Waals surface area contributed by atoms with E-state index in [2.05, 4.69) is 21.9 Å². The molecule has 8 nitrogen and oxygen atoms in total. The van der Waals surface area contributed by atoms with Crippen molar-refractivity contribution in [2.75, 3.05) is 7.11 Å². The van der Waals surface area contributed by atoms with Gasteiger partial charge in [0.15, 0.2) is 11.6 Å². The third-order valence-corrected chi connectivity index (χ3v) is 5.29. The minimum absolute atomic E-state index is 0.00978. The minimum atomic E-state index is -0.545. The van der Waals surface area contributed by atoms with E-state index in [-0.39, 0.29) is 5.76 Å². The lowest BCUT2D eigenvalue weighted by Crippen LogP contribution is -2.01. The fourth-order valence-electron chi connectivity index (χ4n) is 3.42. The predicted molar refractivity (Wildman–Crippen MR) is 122 cm³/mol. The van der Waals surface area contributed by atoms with E-state index in [4.69, 9.17) is 25.7 Å². The van der Waals surface area contributed by atoms with E-state index in [1.165, 1.54) is 6.07 Å². The molecule has 3 N–H and O–H groups in total. The lowest BCUT2D eigenvalue weighted by molar-refractivity contribution is 0.415. The first kappa shape index (κ1) is 21.7. The molecule has 0 atom stereocenters. The fourth-order valence-corrected chi connectivity index (χ4v) is 3.66. The van der Waals surface area contributed by atoms with E-state index in [1.54, 1.807) is 20.1 Å². The summed E-state index contributed by atoms with van der Waals surface area (Å²) >= 11 is 6.42. The summed E-state index contributed by atoms with van der Waals surface area (Å²) < 4.78 is 11.1. The molecule has 166 valence electrons. The van der Waals surface area contributed by atoms with Gasteiger partial charge in [-0.3, -0.25) is 4.79 Å². The number of imidazole rings is 2. The summed E-state index contributed by atoms with van der Waals surface area (Å²) in [7, 11) is 1.57. The Kier molecular flexibility index (Phi) is 6.05. The molecule has 3 aromatic heterocycles. The third-order valence-electron chi connectivity index (χ3n) is 5.02. The van der Waals surface area contributed by atoms with Crippen LogP contribution in [0.1, 0.15) is 31.4 Å². The molecule has 0 unspecified atom stereocenters. The zero-order chi connectivity index (χ0) is 22.8. The maximum absolute atomic E-state index is 12.2. The molecular weight excluding hydrogens is 432 g/mol. The molecule has 4 aromatic rings. The topological polar surface area (TPSA) is 117 Å². The van der Waals surface area contributed by atoms with Crippen LogP contribution in [-0.2, 0) is 6.42 Å². The van der Waals surface area contributed by atoms with E-state index < -0.39 is 11.2 Å². The summed E-state index contributed by atoms with van der Waals surface area (Å²) in [5.41, 5.74) is 1.39. The number of aryl methyl sites for hydroxylation is 2. The van der Waals surface area contributed by atoms with Crippen molar-refractivity contribution in [1.82, 2.24) is 19.9 Å². The van der Waals surface area contributed by atoms with Gasteiger partial charge in [-0.05, 0) is 25.5 Å². The Labute approximate surface area is 189 Å². The van der Waals surface area contributed by atoms with Crippen molar-refractivity contribution >= 4 is 11.6 Å². The Morgan fingerprint density at radius 3 is 2.75 bits per heavy atom. The van der Waals surface area contributed by atoms with Crippen LogP contribution in [0.5, 0.6) is 11.5 Å². The number of ether oxygens (including phenoxy) is 1. The highest BCUT2D eigenvalue weighted by Gasteiger charge is 2.24. The molecule has 3 heterocycles. The Balaban J connectivity index is 1.92. The minimum Gasteiger partial charge on any atom is -0.501 e. The smallest absolute Gasteiger partial charge is 0.227 e. The van der Waals surface area contributed by atoms with Crippen LogP contribution in [0, 0.1) is 6.92 Å². The maximum atomic E-state index is 12.2. The van der Waals surface area contributed by atoms with Crippen molar-refractivity contribution < 1.29 is 14.3 Å². The molecule has 0 aliphatic carbocycles. The van der Waals surface area contributed by atoms with Gasteiger partial charge in [-0.2, -0.15) is 0 Å². The number of halogens is 1. The van der Waals surface area contributed by atoms with Gasteiger partial charge in [0.25, 0.3) is 0 Å². The molecule has 0 aliphatic heterocycles. The molecular formula is C23H23ClN4O4. The van der Waals surface area contributed by atoms with Crippen molar-refractivity contribution in [1.29, 1.82) is 0 Å². The van der Waals surface area contributed by atoms with Crippen LogP contribution in [0.15, 0.2) is 39.5 Å². The highest BCUT2D eigenvalue weighted by Crippen LogP contribution is 2.38. The molecule has 0 saturated heterocycles. The number of hydrogen-bond acceptors (Lipinski definition) is 6. The molecule has 9 heteroatoms. The van der Waals surface area contributed by atoms with Crippen molar-refractivity contribution in [2.45, 2.75) is 33.1 Å². The van der Waals surface area contributed by atoms with Crippen LogP contribution >= 0.6 is 11.6 Å². The number of nitrogens with one attached hydrogen (secondary N) is 2. The second-order valence-electron chi connectivity index (χ2n) is 7.39. The van der Waals surface area contributed by atoms with Gasteiger partial charge in [-0.1, -0.05) is 37.1 Å². The Hall–Kier alpha value is -3.52. The zero-order valence-corrected chi connectivity index (χ0v) is 18.7. The van der Waals surface area contributed by atoms with Gasteiger partial charge >= 0.3 is 0 Å². The van der Waals surface area contributed by atoms with E-state index in [0.717, 1.165) is 25.1 Å². The van der Waals surface area contributed by atoms with Gasteiger partial charge in [0, 0.05) is 18.1 Å². The van der Waals surface area contributed by atoms with Gasteiger partial charge in [0.1, 0.15) is 39.6 Å². The average Bonchev–Trinajstić information content (AvgIpc) is 3.38. The summed E-state index contributed by atoms with van der Waals surface area (Å²) in [6.07, 6.45) is 2.77. The van der Waals surface area contributed by atoms with E-state index in [0.29, 0.717) is 45.1 Å². The molecule has 0 bridgehead atoms. The number of methoxy groups -OCH3 is 1. The Morgan fingerprint density at radius 2 is 2.00 bits per heavy atom. The number of aromatic hydroxyl groups is 1. The molecule has 0 saturated carbocycles. The van der Waals surface area contributed by atoms with Crippen LogP contribution in [0.25, 0.3) is 34.2 Å². The van der Waals surface area contributed by atoms with Gasteiger partial charge in [0.2, 0.25) is 11.2 Å². The second kappa shape index (κ2) is 8.92. The number of nitrogens with zero attached hydrogens (tertiary/aromatic N) is 2. The lowest BCUT2D eigenvalue weighted by atomic mass is 10.1. The predicted octanol–water partition coefficient (Wildman–Crippen LogP) is 5.11. The number of aromatic nitrogens is 4. The van der Waals surface area contributed by atoms with Crippen LogP contribution in [-0.4, -0.2) is 32.2 Å². The number of unbranched alkanes of at least 4 members (excludes halogenated alkanes) is 1. The number of aromatic amines is 2. The van der Waals surface area contributed by atoms with E-state index in [9.17, 15) is 9.90 Å². The van der Waals surface area contributed by atoms with Crippen LogP contribution in [0.3, 0.4) is 0 Å². The largest absolute Gasteiger partial charge is 0.501 e. The number of hydrogen-bond donors (Lipinski definition) is 3. The summed E-state index contributed by atoms with van der Waals surface area (Å²) in [4.78, 5) is 27.7. The SMILES string of the molecule is CCCCc1nc(-c2nc(-c3cccc(OC)c3)c(-c3oc(C)cc(=O)c3O)[nH]2)c(Cl)[nH]1. The first-order valence-electron chi connectivity index (χ1n) is 10.2. The summed E-state index contributed by atoms with van der Waals surface area (Å²) in [5.74, 6) is 1.61. The van der Waals surface area contributed by atoms with Gasteiger partial charge in [-0.25, -0.2) is 9.97 Å². The van der Waals surface area contributed by atoms with Crippen molar-refractivity contribution in [3.8, 4) is 45.7 Å². The molecule has 0 spiro atoms. The van der Waals surface area contributed by atoms with Crippen LogP contribution in [0.4, 0.5) is 0 Å². The normalized spacial score (nSPS) is 11.1. The fraction of sp³-hybridized carbons (Fsp3) is 0.261. The van der Waals surface area contributed by atoms with Crippen LogP contribution < -0.4 is 10.2 Å². The first-order chi connectivity index (χ1) is 15.4. The van der Waals surface area contributed by atoms with Gasteiger partial charge in [-0.15, -0.1) is 0 Å². The average molecular weight is 455 g/mol. The number of benzene rings is 1. The molecule has 0 aliphatic rings. The highest BCUT2D eigenvalue weighted by molar-refractivity contribution is 6.31. The summed E-state index contributed by atoms with van der Waals surface area (Å²) in [6, 6.07) is 8.50. The quantitative estimate of drug-likeness (QED) is 0.357. The standard InChI is InChI=1S/C23H23ClN4O4/c1-4-5-9-16-25-19(22(24)26-16)23-27-17(13-7-6-8-14(11-13)31-3)18(28-23)21-20(30)15(29)10-12(2)32-21/h6-8,10-11,30H,4-5,9H2,1-3H3,(H,25,26)(H,27,28). The Morgan fingerprint density at radius 1 is 1.19 bits per heavy atom. The Bertz CT molecular complexity index is 1320. The molecule has 0 fully saturated rings. The lowest BCUT2D eigenvalue weighted by Gasteiger charge is -2.06. The maximum Gasteiger partial charge on any atom is 0.227 e. The van der Waals surface area contributed by atoms with Crippen molar-refractivity contribution in [3.05, 3.63) is 57.3 Å². The van der Waals surface area contributed by atoms with Crippen LogP contribution in [0.2, 0.25) is 5.15 Å². The third kappa shape index (κ3) is 4.13. The van der Waals surface area contributed by atoms with E-state index >= 15 is 0 Å². The summed E-state index contributed by atoms with van der Waals surface area (Å²) in [5, 5.41) is 10.8. The molecule has 0 amide bonds. The molecule has 1 aromatic carbocycles. The molecule has 0 radical (unpaired) electrons.